The largest absolute Gasteiger partial charge is 0.370 e. The average molecular weight is 228 g/mol. The summed E-state index contributed by atoms with van der Waals surface area (Å²) in [5.74, 6) is 1.25. The second-order valence-corrected chi connectivity index (χ2v) is 4.95. The van der Waals surface area contributed by atoms with E-state index in [1.165, 1.54) is 0 Å². The molecule has 0 amide bonds. The Bertz CT molecular complexity index is 199. The van der Waals surface area contributed by atoms with Crippen LogP contribution in [0, 0.1) is 5.92 Å². The van der Waals surface area contributed by atoms with Gasteiger partial charge in [-0.25, -0.2) is 0 Å². The van der Waals surface area contributed by atoms with E-state index >= 15 is 0 Å². The van der Waals surface area contributed by atoms with Crippen LogP contribution in [-0.4, -0.2) is 43.6 Å². The summed E-state index contributed by atoms with van der Waals surface area (Å²) in [5, 5.41) is 3.13. The quantitative estimate of drug-likeness (QED) is 0.510. The Morgan fingerprint density at radius 1 is 1.31 bits per heavy atom. The third-order valence-electron chi connectivity index (χ3n) is 2.64. The minimum atomic E-state index is 0.567. The molecule has 0 aromatic carbocycles. The van der Waals surface area contributed by atoms with Gasteiger partial charge < -0.3 is 16.0 Å². The highest BCUT2D eigenvalue weighted by molar-refractivity contribution is 5.77. The smallest absolute Gasteiger partial charge is 0.188 e. The lowest BCUT2D eigenvalue weighted by Gasteiger charge is -2.21. The van der Waals surface area contributed by atoms with E-state index < -0.39 is 0 Å². The van der Waals surface area contributed by atoms with E-state index in [-0.39, 0.29) is 0 Å². The highest BCUT2D eigenvalue weighted by atomic mass is 15.2. The van der Waals surface area contributed by atoms with Crippen molar-refractivity contribution in [3.05, 3.63) is 0 Å². The first-order valence-electron chi connectivity index (χ1n) is 6.17. The Balaban J connectivity index is 3.60. The minimum Gasteiger partial charge on any atom is -0.370 e. The normalized spacial score (nSPS) is 12.9. The number of aliphatic imine (C=N–C) groups is 1. The summed E-state index contributed by atoms with van der Waals surface area (Å²) in [4.78, 5) is 6.54. The number of nitrogens with zero attached hydrogens (tertiary/aromatic N) is 2. The van der Waals surface area contributed by atoms with Crippen LogP contribution >= 0.6 is 0 Å². The van der Waals surface area contributed by atoms with Gasteiger partial charge in [-0.3, -0.25) is 4.99 Å². The van der Waals surface area contributed by atoms with Gasteiger partial charge in [0.25, 0.3) is 0 Å². The molecule has 0 aliphatic carbocycles. The Labute approximate surface area is 100 Å². The van der Waals surface area contributed by atoms with Crippen molar-refractivity contribution >= 4 is 5.96 Å². The molecular formula is C12H28N4. The fourth-order valence-corrected chi connectivity index (χ4v) is 1.12. The number of likely N-dealkylation sites (N-methyl/N-ethyl adjacent to an activating group) is 1. The first kappa shape index (κ1) is 15.2. The van der Waals surface area contributed by atoms with E-state index in [0.29, 0.717) is 17.9 Å². The lowest BCUT2D eigenvalue weighted by Crippen LogP contribution is -2.39. The Hall–Kier alpha value is -0.770. The molecule has 0 rings (SSSR count). The summed E-state index contributed by atoms with van der Waals surface area (Å²) in [6.45, 7) is 11.4. The average Bonchev–Trinajstić information content (AvgIpc) is 2.16. The number of nitrogens with two attached hydrogens (primary N) is 1. The molecule has 16 heavy (non-hydrogen) atoms. The molecule has 0 saturated heterocycles. The van der Waals surface area contributed by atoms with E-state index in [0.717, 1.165) is 26.1 Å². The van der Waals surface area contributed by atoms with Crippen molar-refractivity contribution < 1.29 is 0 Å². The number of hydrogen-bond acceptors (Lipinski definition) is 2. The van der Waals surface area contributed by atoms with Gasteiger partial charge >= 0.3 is 0 Å². The zero-order valence-corrected chi connectivity index (χ0v) is 11.5. The van der Waals surface area contributed by atoms with E-state index in [9.17, 15) is 0 Å². The molecule has 4 heteroatoms. The monoisotopic (exact) mass is 228 g/mol. The van der Waals surface area contributed by atoms with Crippen molar-refractivity contribution in [1.29, 1.82) is 0 Å². The van der Waals surface area contributed by atoms with Crippen LogP contribution in [0.1, 0.15) is 34.1 Å². The first-order chi connectivity index (χ1) is 7.43. The van der Waals surface area contributed by atoms with E-state index in [2.05, 4.69) is 50.0 Å². The third-order valence-corrected chi connectivity index (χ3v) is 2.64. The molecule has 0 bridgehead atoms. The molecule has 0 fully saturated rings. The second-order valence-electron chi connectivity index (χ2n) is 4.95. The molecule has 4 nitrogen and oxygen atoms in total. The predicted molar refractivity (Wildman–Crippen MR) is 71.7 cm³/mol. The van der Waals surface area contributed by atoms with Gasteiger partial charge in [-0.15, -0.1) is 0 Å². The number of hydrogen-bond donors (Lipinski definition) is 2. The lowest BCUT2D eigenvalue weighted by atomic mass is 10.1. The lowest BCUT2D eigenvalue weighted by molar-refractivity contribution is 0.278. The van der Waals surface area contributed by atoms with Gasteiger partial charge in [0, 0.05) is 25.7 Å². The Morgan fingerprint density at radius 3 is 2.44 bits per heavy atom. The molecule has 0 atom stereocenters. The van der Waals surface area contributed by atoms with Gasteiger partial charge in [0.1, 0.15) is 0 Å². The minimum absolute atomic E-state index is 0.567. The van der Waals surface area contributed by atoms with Gasteiger partial charge in [0.15, 0.2) is 5.96 Å². The fraction of sp³-hybridized carbons (Fsp3) is 0.917. The van der Waals surface area contributed by atoms with E-state index in [1.54, 1.807) is 0 Å². The molecule has 0 aromatic rings. The number of rotatable bonds is 7. The topological polar surface area (TPSA) is 53.6 Å². The fourth-order valence-electron chi connectivity index (χ4n) is 1.12. The standard InChI is InChI=1S/C12H28N4/c1-10(2)6-7-14-12(13)15-8-9-16(5)11(3)4/h10-11H,6-9H2,1-5H3,(H3,13,14,15). The molecule has 0 aliphatic rings. The summed E-state index contributed by atoms with van der Waals surface area (Å²) >= 11 is 0. The van der Waals surface area contributed by atoms with Crippen LogP contribution in [-0.2, 0) is 0 Å². The van der Waals surface area contributed by atoms with Gasteiger partial charge in [-0.2, -0.15) is 0 Å². The molecule has 0 spiro atoms. The van der Waals surface area contributed by atoms with Gasteiger partial charge in [-0.1, -0.05) is 13.8 Å². The summed E-state index contributed by atoms with van der Waals surface area (Å²) in [6, 6.07) is 0.570. The van der Waals surface area contributed by atoms with Crippen LogP contribution in [0.4, 0.5) is 0 Å². The van der Waals surface area contributed by atoms with Crippen LogP contribution in [0.25, 0.3) is 0 Å². The Kier molecular flexibility index (Phi) is 7.99. The summed E-state index contributed by atoms with van der Waals surface area (Å²) in [7, 11) is 2.11. The van der Waals surface area contributed by atoms with E-state index in [4.69, 9.17) is 5.73 Å². The van der Waals surface area contributed by atoms with Gasteiger partial charge in [0.2, 0.25) is 0 Å². The molecule has 0 heterocycles. The molecular weight excluding hydrogens is 200 g/mol. The number of nitrogens with one attached hydrogen (secondary N) is 1. The predicted octanol–water partition coefficient (Wildman–Crippen LogP) is 1.28. The maximum atomic E-state index is 5.74. The van der Waals surface area contributed by atoms with Crippen LogP contribution < -0.4 is 11.1 Å². The maximum absolute atomic E-state index is 5.74. The van der Waals surface area contributed by atoms with Crippen molar-refractivity contribution in [2.45, 2.75) is 40.2 Å². The number of guanidine groups is 1. The van der Waals surface area contributed by atoms with Gasteiger partial charge in [-0.05, 0) is 33.2 Å². The second kappa shape index (κ2) is 8.39. The zero-order valence-electron chi connectivity index (χ0n) is 11.5. The van der Waals surface area contributed by atoms with Crippen LogP contribution in [0.15, 0.2) is 4.99 Å². The highest BCUT2D eigenvalue weighted by Gasteiger charge is 2.01. The van der Waals surface area contributed by atoms with Crippen molar-refractivity contribution in [3.8, 4) is 0 Å². The molecule has 0 unspecified atom stereocenters. The van der Waals surface area contributed by atoms with Crippen molar-refractivity contribution in [2.75, 3.05) is 26.7 Å². The summed E-state index contributed by atoms with van der Waals surface area (Å²) in [6.07, 6.45) is 1.09. The highest BCUT2D eigenvalue weighted by Crippen LogP contribution is 1.97. The molecule has 0 aromatic heterocycles. The van der Waals surface area contributed by atoms with E-state index in [1.807, 2.05) is 0 Å². The molecule has 0 saturated carbocycles. The van der Waals surface area contributed by atoms with Crippen LogP contribution in [0.3, 0.4) is 0 Å². The summed E-state index contributed by atoms with van der Waals surface area (Å²) < 4.78 is 0. The summed E-state index contributed by atoms with van der Waals surface area (Å²) in [5.41, 5.74) is 5.74. The molecule has 3 N–H and O–H groups in total. The van der Waals surface area contributed by atoms with Crippen molar-refractivity contribution in [2.24, 2.45) is 16.6 Å². The van der Waals surface area contributed by atoms with Crippen molar-refractivity contribution in [1.82, 2.24) is 10.2 Å². The molecule has 96 valence electrons. The molecule has 0 aliphatic heterocycles. The Morgan fingerprint density at radius 2 is 1.94 bits per heavy atom. The van der Waals surface area contributed by atoms with Crippen molar-refractivity contribution in [3.63, 3.8) is 0 Å². The zero-order chi connectivity index (χ0) is 12.6. The van der Waals surface area contributed by atoms with Gasteiger partial charge in [0.05, 0.1) is 0 Å². The van der Waals surface area contributed by atoms with Crippen LogP contribution in [0.2, 0.25) is 0 Å². The SMILES string of the molecule is CC(C)CCN=C(N)NCCN(C)C(C)C. The van der Waals surface area contributed by atoms with Crippen LogP contribution in [0.5, 0.6) is 0 Å². The maximum Gasteiger partial charge on any atom is 0.188 e. The molecule has 0 radical (unpaired) electrons. The third kappa shape index (κ3) is 8.53. The first-order valence-corrected chi connectivity index (χ1v) is 6.17.